The van der Waals surface area contributed by atoms with E-state index in [1.165, 1.54) is 0 Å². The van der Waals surface area contributed by atoms with Gasteiger partial charge in [-0.15, -0.1) is 0 Å². The molecule has 1 aromatic heterocycles. The Morgan fingerprint density at radius 1 is 1.39 bits per heavy atom. The average Bonchev–Trinajstić information content (AvgIpc) is 2.34. The summed E-state index contributed by atoms with van der Waals surface area (Å²) in [5.41, 5.74) is 0.684. The maximum absolute atomic E-state index is 11.5. The van der Waals surface area contributed by atoms with Crippen molar-refractivity contribution in [1.29, 1.82) is 0 Å². The third kappa shape index (κ3) is 2.99. The van der Waals surface area contributed by atoms with Crippen LogP contribution < -0.4 is 10.6 Å². The Balaban J connectivity index is 2.43. The molecule has 1 aromatic carbocycles. The maximum atomic E-state index is 11.5. The highest BCUT2D eigenvalue weighted by Gasteiger charge is 2.07. The number of nitrogens with zero attached hydrogens (tertiary/aromatic N) is 2. The summed E-state index contributed by atoms with van der Waals surface area (Å²) in [6, 6.07) is 7.20. The summed E-state index contributed by atoms with van der Waals surface area (Å²) in [6.45, 7) is 0. The van der Waals surface area contributed by atoms with E-state index in [1.807, 2.05) is 6.07 Å². The Labute approximate surface area is 118 Å². The molecule has 0 fully saturated rings. The van der Waals surface area contributed by atoms with E-state index in [9.17, 15) is 4.57 Å². The second-order valence-corrected chi connectivity index (χ2v) is 5.79. The molecule has 0 bridgehead atoms. The first-order valence-corrected chi connectivity index (χ1v) is 7.51. The zero-order valence-corrected chi connectivity index (χ0v) is 12.3. The molecule has 0 saturated carbocycles. The second-order valence-electron chi connectivity index (χ2n) is 3.36. The molecule has 0 aliphatic carbocycles. The fraction of sp³-hybridized carbons (Fsp3) is 0. The highest BCUT2D eigenvalue weighted by Crippen LogP contribution is 2.25. The molecule has 0 amide bonds. The summed E-state index contributed by atoms with van der Waals surface area (Å²) < 4.78 is 12.2. The number of hydrogen-bond donors (Lipinski definition) is 1. The fourth-order valence-corrected chi connectivity index (χ4v) is 2.43. The first-order valence-electron chi connectivity index (χ1n) is 4.90. The number of rotatable bonds is 3. The lowest BCUT2D eigenvalue weighted by atomic mass is 10.3. The Morgan fingerprint density at radius 2 is 2.11 bits per heavy atom. The minimum atomic E-state index is -1.68. The van der Waals surface area contributed by atoms with Gasteiger partial charge in [-0.1, -0.05) is 12.1 Å². The second kappa shape index (κ2) is 5.65. The smallest absolute Gasteiger partial charge is 0.224 e. The molecule has 1 atom stereocenters. The Hall–Kier alpha value is -1.16. The van der Waals surface area contributed by atoms with Crippen molar-refractivity contribution in [2.24, 2.45) is 0 Å². The molecule has 0 aliphatic rings. The van der Waals surface area contributed by atoms with Gasteiger partial charge in [0.1, 0.15) is 13.2 Å². The number of aromatic nitrogens is 2. The molecule has 4 nitrogen and oxygen atoms in total. The van der Waals surface area contributed by atoms with Crippen molar-refractivity contribution in [2.75, 3.05) is 5.32 Å². The van der Waals surface area contributed by atoms with E-state index in [2.05, 4.69) is 37.5 Å². The first-order chi connectivity index (χ1) is 8.58. The molecule has 0 spiro atoms. The van der Waals surface area contributed by atoms with E-state index in [0.717, 1.165) is 0 Å². The lowest BCUT2D eigenvalue weighted by Crippen LogP contribution is -2.05. The van der Waals surface area contributed by atoms with Crippen LogP contribution in [0, 0.1) is 0 Å². The molecule has 92 valence electrons. The number of anilines is 2. The van der Waals surface area contributed by atoms with E-state index in [1.54, 1.807) is 24.4 Å². The third-order valence-electron chi connectivity index (χ3n) is 2.14. The molecule has 0 radical (unpaired) electrons. The molecule has 0 saturated heterocycles. The number of hydrogen-bond acceptors (Lipinski definition) is 4. The number of para-hydroxylation sites is 1. The van der Waals surface area contributed by atoms with Crippen LogP contribution >= 0.6 is 35.0 Å². The summed E-state index contributed by atoms with van der Waals surface area (Å²) in [5.74, 6) is 0.513. The van der Waals surface area contributed by atoms with Crippen molar-refractivity contribution in [1.82, 2.24) is 9.97 Å². The van der Waals surface area contributed by atoms with Crippen LogP contribution in [0.5, 0.6) is 0 Å². The van der Waals surface area contributed by atoms with Gasteiger partial charge in [-0.3, -0.25) is 4.57 Å². The Kier molecular flexibility index (Phi) is 4.17. The summed E-state index contributed by atoms with van der Waals surface area (Å²) in [6.07, 6.45) is 5.10. The topological polar surface area (TPSA) is 54.9 Å². The van der Waals surface area contributed by atoms with Gasteiger partial charge in [0.15, 0.2) is 0 Å². The zero-order valence-electron chi connectivity index (χ0n) is 9.10. The van der Waals surface area contributed by atoms with Crippen LogP contribution in [0.15, 0.2) is 34.9 Å². The summed E-state index contributed by atoms with van der Waals surface area (Å²) >= 11 is 9.05. The van der Waals surface area contributed by atoms with E-state index in [-0.39, 0.29) is 5.28 Å². The van der Waals surface area contributed by atoms with Gasteiger partial charge in [0.05, 0.1) is 15.5 Å². The minimum absolute atomic E-state index is 0.136. The van der Waals surface area contributed by atoms with Crippen LogP contribution in [0.3, 0.4) is 0 Å². The highest BCUT2D eigenvalue weighted by molar-refractivity contribution is 9.10. The summed E-state index contributed by atoms with van der Waals surface area (Å²) in [4.78, 5) is 7.89. The molecule has 2 aromatic rings. The first kappa shape index (κ1) is 13.3. The van der Waals surface area contributed by atoms with E-state index >= 15 is 0 Å². The van der Waals surface area contributed by atoms with E-state index < -0.39 is 7.42 Å². The summed E-state index contributed by atoms with van der Waals surface area (Å²) in [5, 5.41) is 3.83. The average molecular weight is 345 g/mol. The van der Waals surface area contributed by atoms with Crippen LogP contribution in [-0.4, -0.2) is 16.3 Å². The van der Waals surface area contributed by atoms with Crippen molar-refractivity contribution in [3.63, 3.8) is 0 Å². The van der Waals surface area contributed by atoms with Gasteiger partial charge >= 0.3 is 0 Å². The molecule has 2 rings (SSSR count). The molecular formula is C11H8BrClN3OP. The van der Waals surface area contributed by atoms with E-state index in [4.69, 9.17) is 11.6 Å². The molecule has 1 N–H and O–H groups in total. The molecule has 1 heterocycles. The van der Waals surface area contributed by atoms with Crippen LogP contribution in [-0.2, 0) is 4.57 Å². The van der Waals surface area contributed by atoms with Crippen LogP contribution in [0.1, 0.15) is 0 Å². The largest absolute Gasteiger partial charge is 0.338 e. The van der Waals surface area contributed by atoms with Gasteiger partial charge < -0.3 is 5.32 Å². The van der Waals surface area contributed by atoms with Gasteiger partial charge in [0.25, 0.3) is 0 Å². The lowest BCUT2D eigenvalue weighted by molar-refractivity contribution is 0.601. The van der Waals surface area contributed by atoms with Crippen molar-refractivity contribution in [2.45, 2.75) is 0 Å². The maximum Gasteiger partial charge on any atom is 0.224 e. The number of benzene rings is 1. The third-order valence-corrected chi connectivity index (χ3v) is 3.83. The number of nitrogens with one attached hydrogen (secondary N) is 1. The van der Waals surface area contributed by atoms with Crippen molar-refractivity contribution >= 4 is 58.1 Å². The van der Waals surface area contributed by atoms with Crippen LogP contribution in [0.25, 0.3) is 0 Å². The lowest BCUT2D eigenvalue weighted by Gasteiger charge is -2.09. The minimum Gasteiger partial charge on any atom is -0.338 e. The van der Waals surface area contributed by atoms with Crippen molar-refractivity contribution in [3.05, 3.63) is 40.2 Å². The van der Waals surface area contributed by atoms with Crippen molar-refractivity contribution < 1.29 is 4.57 Å². The molecule has 1 unspecified atom stereocenters. The SMILES string of the molecule is C=P(=O)c1ccccc1Nc1nc(Cl)ncc1Br. The zero-order chi connectivity index (χ0) is 13.1. The molecule has 18 heavy (non-hydrogen) atoms. The normalized spacial score (nSPS) is 11.1. The van der Waals surface area contributed by atoms with Gasteiger partial charge in [-0.2, -0.15) is 4.98 Å². The van der Waals surface area contributed by atoms with Crippen LogP contribution in [0.2, 0.25) is 5.28 Å². The Morgan fingerprint density at radius 3 is 2.83 bits per heavy atom. The van der Waals surface area contributed by atoms with Gasteiger partial charge in [-0.05, 0) is 46.0 Å². The van der Waals surface area contributed by atoms with Crippen molar-refractivity contribution in [3.8, 4) is 0 Å². The predicted octanol–water partition coefficient (Wildman–Crippen LogP) is 3.52. The molecule has 7 heteroatoms. The standard InChI is InChI=1S/C11H8BrClN3OP/c1-18(17)9-5-3-2-4-8(9)15-10-7(12)6-14-11(13)16-10/h2-6H,1H2,(H,14,15,16). The quantitative estimate of drug-likeness (QED) is 0.684. The number of halogens is 2. The van der Waals surface area contributed by atoms with Gasteiger partial charge in [-0.25, -0.2) is 4.98 Å². The van der Waals surface area contributed by atoms with Gasteiger partial charge in [0, 0.05) is 6.20 Å². The fourth-order valence-electron chi connectivity index (χ4n) is 1.36. The molecular weight excluding hydrogens is 336 g/mol. The van der Waals surface area contributed by atoms with Crippen LogP contribution in [0.4, 0.5) is 11.5 Å². The monoisotopic (exact) mass is 343 g/mol. The molecule has 0 aliphatic heterocycles. The summed E-state index contributed by atoms with van der Waals surface area (Å²) in [7, 11) is -1.68. The Bertz CT molecular complexity index is 652. The highest BCUT2D eigenvalue weighted by atomic mass is 79.9. The predicted molar refractivity (Wildman–Crippen MR) is 78.8 cm³/mol. The van der Waals surface area contributed by atoms with E-state index in [0.29, 0.717) is 21.3 Å². The van der Waals surface area contributed by atoms with Gasteiger partial charge in [0.2, 0.25) is 5.28 Å².